The number of hydrogen-bond acceptors (Lipinski definition) is 4. The molecule has 0 aliphatic rings. The molecule has 0 rings (SSSR count). The summed E-state index contributed by atoms with van der Waals surface area (Å²) in [5.74, 6) is 1.76. The van der Waals surface area contributed by atoms with Crippen LogP contribution in [0.2, 0.25) is 0 Å². The van der Waals surface area contributed by atoms with Crippen LogP contribution in [0.15, 0.2) is 34.9 Å². The maximum Gasteiger partial charge on any atom is 0.0844 e. The maximum atomic E-state index is 4.39. The minimum atomic E-state index is 0.387. The fourth-order valence-corrected chi connectivity index (χ4v) is 1.88. The minimum absolute atomic E-state index is 0.387. The summed E-state index contributed by atoms with van der Waals surface area (Å²) in [6, 6.07) is 0. The lowest BCUT2D eigenvalue weighted by atomic mass is 10.3. The van der Waals surface area contributed by atoms with Crippen LogP contribution in [0.5, 0.6) is 0 Å². The predicted octanol–water partition coefficient (Wildman–Crippen LogP) is 2.84. The molecule has 14 heavy (non-hydrogen) atoms. The summed E-state index contributed by atoms with van der Waals surface area (Å²) in [5, 5.41) is 0.387. The fourth-order valence-electron chi connectivity index (χ4n) is 0.705. The highest BCUT2D eigenvalue weighted by Gasteiger charge is 1.98. The number of thiol groups is 1. The van der Waals surface area contributed by atoms with Crippen LogP contribution in [-0.4, -0.2) is 29.8 Å². The summed E-state index contributed by atoms with van der Waals surface area (Å²) in [7, 11) is 0. The number of hydrogen-bond donors (Lipinski definition) is 1. The third-order valence-electron chi connectivity index (χ3n) is 1.30. The molecule has 0 heterocycles. The van der Waals surface area contributed by atoms with Crippen LogP contribution < -0.4 is 0 Å². The number of allylic oxidation sites excluding steroid dienone is 2. The molecule has 0 unspecified atom stereocenters. The highest BCUT2D eigenvalue weighted by molar-refractivity contribution is 8.00. The topological polar surface area (TPSA) is 24.7 Å². The zero-order valence-corrected chi connectivity index (χ0v) is 9.88. The second-order valence-electron chi connectivity index (χ2n) is 2.53. The summed E-state index contributed by atoms with van der Waals surface area (Å²) in [6.45, 7) is 6.98. The molecule has 0 fully saturated rings. The van der Waals surface area contributed by atoms with E-state index < -0.39 is 0 Å². The van der Waals surface area contributed by atoms with Gasteiger partial charge in [0, 0.05) is 23.4 Å². The molecule has 0 aliphatic carbocycles. The van der Waals surface area contributed by atoms with E-state index in [9.17, 15) is 0 Å². The second-order valence-corrected chi connectivity index (χ2v) is 4.26. The lowest BCUT2D eigenvalue weighted by molar-refractivity contribution is 1.00. The molecule has 0 spiro atoms. The summed E-state index contributed by atoms with van der Waals surface area (Å²) in [4.78, 5) is 7.70. The molecule has 0 amide bonds. The van der Waals surface area contributed by atoms with Crippen molar-refractivity contribution in [1.29, 1.82) is 0 Å². The Balaban J connectivity index is 3.36. The van der Waals surface area contributed by atoms with Crippen molar-refractivity contribution in [3.05, 3.63) is 24.9 Å². The van der Waals surface area contributed by atoms with E-state index in [-0.39, 0.29) is 0 Å². The average molecular weight is 228 g/mol. The molecular weight excluding hydrogens is 212 g/mol. The molecule has 2 nitrogen and oxygen atoms in total. The molecule has 0 aromatic carbocycles. The van der Waals surface area contributed by atoms with Crippen molar-refractivity contribution >= 4 is 37.3 Å². The predicted molar refractivity (Wildman–Crippen MR) is 72.1 cm³/mol. The van der Waals surface area contributed by atoms with Gasteiger partial charge in [-0.05, 0) is 19.2 Å². The molecule has 0 saturated heterocycles. The van der Waals surface area contributed by atoms with Crippen LogP contribution in [0, 0.1) is 0 Å². The molecule has 0 aliphatic heterocycles. The molecule has 0 N–H and O–H groups in total. The van der Waals surface area contributed by atoms with E-state index >= 15 is 0 Å². The Hall–Kier alpha value is -0.480. The number of rotatable bonds is 8. The Kier molecular flexibility index (Phi) is 10.2. The van der Waals surface area contributed by atoms with Crippen LogP contribution in [0.4, 0.5) is 0 Å². The van der Waals surface area contributed by atoms with Gasteiger partial charge in [-0.25, -0.2) is 0 Å². The molecule has 0 bridgehead atoms. The van der Waals surface area contributed by atoms with Crippen LogP contribution in [-0.2, 0) is 0 Å². The molecule has 0 saturated carbocycles. The van der Waals surface area contributed by atoms with Crippen molar-refractivity contribution in [2.45, 2.75) is 11.7 Å². The van der Waals surface area contributed by atoms with Gasteiger partial charge in [0.05, 0.1) is 5.88 Å². The minimum Gasteiger partial charge on any atom is -0.282 e. The third kappa shape index (κ3) is 9.61. The highest BCUT2D eigenvalue weighted by Crippen LogP contribution is 2.10. The lowest BCUT2D eigenvalue weighted by Crippen LogP contribution is -2.00. The van der Waals surface area contributed by atoms with Gasteiger partial charge in [0.1, 0.15) is 0 Å². The van der Waals surface area contributed by atoms with Crippen LogP contribution in [0.3, 0.4) is 0 Å². The molecule has 4 heteroatoms. The summed E-state index contributed by atoms with van der Waals surface area (Å²) < 4.78 is 0. The lowest BCUT2D eigenvalue weighted by Gasteiger charge is -2.04. The first kappa shape index (κ1) is 13.5. The normalized spacial score (nSPS) is 13.5. The molecule has 1 atom stereocenters. The zero-order chi connectivity index (χ0) is 10.6. The van der Waals surface area contributed by atoms with Gasteiger partial charge in [-0.2, -0.15) is 12.6 Å². The van der Waals surface area contributed by atoms with Gasteiger partial charge in [0.25, 0.3) is 0 Å². The van der Waals surface area contributed by atoms with Gasteiger partial charge in [-0.1, -0.05) is 6.08 Å². The molecule has 0 aromatic rings. The van der Waals surface area contributed by atoms with E-state index in [1.807, 2.05) is 6.08 Å². The first-order chi connectivity index (χ1) is 6.81. The van der Waals surface area contributed by atoms with E-state index in [1.54, 1.807) is 30.3 Å². The molecule has 0 aromatic heterocycles. The van der Waals surface area contributed by atoms with Crippen molar-refractivity contribution in [2.75, 3.05) is 11.6 Å². The monoisotopic (exact) mass is 228 g/mol. The van der Waals surface area contributed by atoms with E-state index in [0.29, 0.717) is 5.25 Å². The van der Waals surface area contributed by atoms with E-state index in [0.717, 1.165) is 18.1 Å². The van der Waals surface area contributed by atoms with Crippen LogP contribution in [0.25, 0.3) is 0 Å². The van der Waals surface area contributed by atoms with Crippen LogP contribution in [0.1, 0.15) is 6.42 Å². The van der Waals surface area contributed by atoms with Gasteiger partial charge < -0.3 is 0 Å². The SMILES string of the molecule is C=CC[C@@H](S)CSCN=C/C=C\N=C. The number of thioether (sulfide) groups is 1. The van der Waals surface area contributed by atoms with Crippen molar-refractivity contribution in [2.24, 2.45) is 9.98 Å². The summed E-state index contributed by atoms with van der Waals surface area (Å²) in [5.41, 5.74) is 0. The number of aliphatic imine (C=N–C) groups is 2. The van der Waals surface area contributed by atoms with E-state index in [2.05, 4.69) is 35.9 Å². The summed E-state index contributed by atoms with van der Waals surface area (Å²) >= 11 is 6.14. The quantitative estimate of drug-likeness (QED) is 0.294. The standard InChI is InChI=1S/C10H16N2S2/c1-3-5-10(13)8-14-9-12-7-4-6-11-2/h3-4,6-7,10,13H,1-2,5,8-9H2/b6-4-,12-7?/t10-/m1/s1. The first-order valence-corrected chi connectivity index (χ1v) is 5.96. The van der Waals surface area contributed by atoms with E-state index in [1.165, 1.54) is 0 Å². The van der Waals surface area contributed by atoms with Crippen molar-refractivity contribution < 1.29 is 0 Å². The van der Waals surface area contributed by atoms with E-state index in [4.69, 9.17) is 0 Å². The maximum absolute atomic E-state index is 4.39. The summed E-state index contributed by atoms with van der Waals surface area (Å²) in [6.07, 6.45) is 7.92. The van der Waals surface area contributed by atoms with Crippen molar-refractivity contribution in [1.82, 2.24) is 0 Å². The van der Waals surface area contributed by atoms with Crippen molar-refractivity contribution in [3.8, 4) is 0 Å². The van der Waals surface area contributed by atoms with Gasteiger partial charge in [0.2, 0.25) is 0 Å². The Morgan fingerprint density at radius 2 is 2.29 bits per heavy atom. The van der Waals surface area contributed by atoms with Gasteiger partial charge >= 0.3 is 0 Å². The largest absolute Gasteiger partial charge is 0.282 e. The molecule has 0 radical (unpaired) electrons. The Morgan fingerprint density at radius 3 is 2.93 bits per heavy atom. The Bertz CT molecular complexity index is 212. The zero-order valence-electron chi connectivity index (χ0n) is 8.17. The molecular formula is C10H16N2S2. The molecule has 78 valence electrons. The third-order valence-corrected chi connectivity index (χ3v) is 2.91. The smallest absolute Gasteiger partial charge is 0.0844 e. The number of nitrogens with zero attached hydrogens (tertiary/aromatic N) is 2. The first-order valence-electron chi connectivity index (χ1n) is 4.28. The second kappa shape index (κ2) is 10.6. The van der Waals surface area contributed by atoms with Gasteiger partial charge in [0.15, 0.2) is 0 Å². The average Bonchev–Trinajstić information content (AvgIpc) is 2.17. The fraction of sp³-hybridized carbons (Fsp3) is 0.400. The van der Waals surface area contributed by atoms with Gasteiger partial charge in [-0.3, -0.25) is 9.98 Å². The Labute approximate surface area is 95.7 Å². The van der Waals surface area contributed by atoms with Gasteiger partial charge in [-0.15, -0.1) is 18.3 Å². The highest BCUT2D eigenvalue weighted by atomic mass is 32.2. The van der Waals surface area contributed by atoms with Crippen LogP contribution >= 0.6 is 24.4 Å². The Morgan fingerprint density at radius 1 is 1.50 bits per heavy atom. The van der Waals surface area contributed by atoms with Crippen molar-refractivity contribution in [3.63, 3.8) is 0 Å².